The van der Waals surface area contributed by atoms with Gasteiger partial charge in [-0.05, 0) is 60.5 Å². The molecule has 3 aromatic rings. The largest absolute Gasteiger partial charge is 0.488 e. The van der Waals surface area contributed by atoms with Crippen LogP contribution < -0.4 is 4.74 Å². The van der Waals surface area contributed by atoms with E-state index >= 15 is 0 Å². The van der Waals surface area contributed by atoms with Gasteiger partial charge < -0.3 is 9.64 Å². The number of hydrogen-bond acceptors (Lipinski definition) is 5. The number of thiophene rings is 1. The first-order valence-corrected chi connectivity index (χ1v) is 14.8. The van der Waals surface area contributed by atoms with Crippen LogP contribution in [0.25, 0.3) is 0 Å². The van der Waals surface area contributed by atoms with Gasteiger partial charge >= 0.3 is 0 Å². The van der Waals surface area contributed by atoms with Crippen molar-refractivity contribution < 1.29 is 22.3 Å². The minimum absolute atomic E-state index is 0.0759. The quantitative estimate of drug-likeness (QED) is 0.341. The van der Waals surface area contributed by atoms with Crippen molar-refractivity contribution in [3.05, 3.63) is 81.8 Å². The van der Waals surface area contributed by atoms with E-state index in [-0.39, 0.29) is 42.2 Å². The third-order valence-electron chi connectivity index (χ3n) is 6.83. The van der Waals surface area contributed by atoms with E-state index in [1.165, 1.54) is 10.4 Å². The van der Waals surface area contributed by atoms with Crippen molar-refractivity contribution >= 4 is 27.3 Å². The molecular formula is C28H33FN2O4S2. The monoisotopic (exact) mass is 544 g/mol. The molecule has 0 bridgehead atoms. The van der Waals surface area contributed by atoms with Gasteiger partial charge in [0.2, 0.25) is 15.9 Å². The van der Waals surface area contributed by atoms with Gasteiger partial charge in [-0.3, -0.25) is 4.79 Å². The van der Waals surface area contributed by atoms with Crippen molar-refractivity contribution in [2.75, 3.05) is 26.2 Å². The van der Waals surface area contributed by atoms with Gasteiger partial charge in [-0.1, -0.05) is 50.1 Å². The Morgan fingerprint density at radius 2 is 1.92 bits per heavy atom. The molecule has 2 aromatic carbocycles. The molecule has 0 radical (unpaired) electrons. The number of halogens is 1. The zero-order valence-electron chi connectivity index (χ0n) is 21.4. The van der Waals surface area contributed by atoms with Gasteiger partial charge in [0.05, 0.1) is 17.5 Å². The highest BCUT2D eigenvalue weighted by atomic mass is 32.2. The summed E-state index contributed by atoms with van der Waals surface area (Å²) in [5.74, 6) is -0.556. The molecule has 0 saturated carbocycles. The fourth-order valence-corrected chi connectivity index (χ4v) is 6.87. The maximum absolute atomic E-state index is 14.2. The second kappa shape index (κ2) is 11.8. The van der Waals surface area contributed by atoms with Crippen molar-refractivity contribution in [1.29, 1.82) is 0 Å². The molecular weight excluding hydrogens is 511 g/mol. The summed E-state index contributed by atoms with van der Waals surface area (Å²) in [5, 5.41) is 1.98. The summed E-state index contributed by atoms with van der Waals surface area (Å²) in [6, 6.07) is 14.4. The summed E-state index contributed by atoms with van der Waals surface area (Å²) in [6.07, 6.45) is 1.47. The number of amides is 1. The first-order valence-electron chi connectivity index (χ1n) is 12.5. The Bertz CT molecular complexity index is 1320. The third kappa shape index (κ3) is 6.22. The molecule has 37 heavy (non-hydrogen) atoms. The Morgan fingerprint density at radius 3 is 2.62 bits per heavy atom. The standard InChI is InChI=1S/C28H33FN2O4S2/c1-4-20(2)17-30(37(33,34)22-11-9-21(3)10-12-22)18-28(32)31-15-13-27-23(14-16-36-27)25(31)19-35-26-8-6-5-7-24(26)29/h5-12,14,16,20,25H,4,13,15,17-19H2,1-3H3. The average Bonchev–Trinajstić information content (AvgIpc) is 3.37. The zero-order chi connectivity index (χ0) is 26.6. The minimum Gasteiger partial charge on any atom is -0.488 e. The van der Waals surface area contributed by atoms with Crippen LogP contribution in [-0.4, -0.2) is 49.8 Å². The van der Waals surface area contributed by atoms with E-state index in [1.807, 2.05) is 32.2 Å². The number of aryl methyl sites for hydroxylation is 1. The van der Waals surface area contributed by atoms with Crippen LogP contribution in [-0.2, 0) is 21.2 Å². The van der Waals surface area contributed by atoms with E-state index in [2.05, 4.69) is 0 Å². The van der Waals surface area contributed by atoms with E-state index < -0.39 is 21.9 Å². The van der Waals surface area contributed by atoms with Gasteiger partial charge in [0.1, 0.15) is 6.61 Å². The highest BCUT2D eigenvalue weighted by Gasteiger charge is 2.35. The number of carbonyl (C=O) groups is 1. The fraction of sp³-hybridized carbons (Fsp3) is 0.393. The number of carbonyl (C=O) groups excluding carboxylic acids is 1. The van der Waals surface area contributed by atoms with Crippen LogP contribution in [0.1, 0.15) is 42.3 Å². The predicted molar refractivity (Wildman–Crippen MR) is 144 cm³/mol. The van der Waals surface area contributed by atoms with Crippen LogP contribution >= 0.6 is 11.3 Å². The summed E-state index contributed by atoms with van der Waals surface area (Å²) in [6.45, 7) is 6.37. The molecule has 1 amide bonds. The van der Waals surface area contributed by atoms with Crippen LogP contribution in [0.3, 0.4) is 0 Å². The van der Waals surface area contributed by atoms with Crippen molar-refractivity contribution in [2.24, 2.45) is 5.92 Å². The van der Waals surface area contributed by atoms with E-state index in [9.17, 15) is 17.6 Å². The highest BCUT2D eigenvalue weighted by molar-refractivity contribution is 7.89. The van der Waals surface area contributed by atoms with Gasteiger partial charge in [0, 0.05) is 18.0 Å². The number of rotatable bonds is 10. The Hall–Kier alpha value is -2.75. The third-order valence-corrected chi connectivity index (χ3v) is 9.65. The van der Waals surface area contributed by atoms with Crippen LogP contribution in [0.5, 0.6) is 5.75 Å². The molecule has 0 fully saturated rings. The van der Waals surface area contributed by atoms with Gasteiger partial charge in [-0.2, -0.15) is 4.31 Å². The lowest BCUT2D eigenvalue weighted by Gasteiger charge is -2.37. The summed E-state index contributed by atoms with van der Waals surface area (Å²) in [4.78, 5) is 16.7. The fourth-order valence-electron chi connectivity index (χ4n) is 4.43. The average molecular weight is 545 g/mol. The Morgan fingerprint density at radius 1 is 1.19 bits per heavy atom. The summed E-state index contributed by atoms with van der Waals surface area (Å²) in [5.41, 5.74) is 1.93. The van der Waals surface area contributed by atoms with Gasteiger partial charge in [0.25, 0.3) is 0 Å². The maximum Gasteiger partial charge on any atom is 0.243 e. The number of ether oxygens (including phenoxy) is 1. The van der Waals surface area contributed by atoms with Crippen LogP contribution in [0, 0.1) is 18.7 Å². The lowest BCUT2D eigenvalue weighted by atomic mass is 10.0. The Balaban J connectivity index is 1.59. The molecule has 0 saturated heterocycles. The van der Waals surface area contributed by atoms with E-state index in [0.29, 0.717) is 13.0 Å². The van der Waals surface area contributed by atoms with Gasteiger partial charge in [0.15, 0.2) is 11.6 Å². The first-order chi connectivity index (χ1) is 17.7. The number of sulfonamides is 1. The molecule has 2 atom stereocenters. The Kier molecular flexibility index (Phi) is 8.67. The van der Waals surface area contributed by atoms with E-state index in [0.717, 1.165) is 22.4 Å². The lowest BCUT2D eigenvalue weighted by Crippen LogP contribution is -2.48. The number of benzene rings is 2. The van der Waals surface area contributed by atoms with Crippen molar-refractivity contribution in [3.8, 4) is 5.75 Å². The molecule has 2 heterocycles. The summed E-state index contributed by atoms with van der Waals surface area (Å²) in [7, 11) is -3.88. The SMILES string of the molecule is CCC(C)CN(CC(=O)N1CCc2sccc2C1COc1ccccc1F)S(=O)(=O)c1ccc(C)cc1. The molecule has 0 aliphatic carbocycles. The minimum atomic E-state index is -3.88. The van der Waals surface area contributed by atoms with Crippen LogP contribution in [0.15, 0.2) is 64.9 Å². The number of hydrogen-bond donors (Lipinski definition) is 0. The number of para-hydroxylation sites is 1. The molecule has 1 aromatic heterocycles. The molecule has 4 rings (SSSR count). The molecule has 1 aliphatic heterocycles. The number of fused-ring (bicyclic) bond motifs is 1. The molecule has 9 heteroatoms. The molecule has 198 valence electrons. The Labute approximate surface area is 222 Å². The molecule has 1 aliphatic rings. The van der Waals surface area contributed by atoms with Crippen molar-refractivity contribution in [2.45, 2.75) is 44.6 Å². The maximum atomic E-state index is 14.2. The summed E-state index contributed by atoms with van der Waals surface area (Å²) < 4.78 is 48.5. The van der Waals surface area contributed by atoms with Gasteiger partial charge in [-0.25, -0.2) is 12.8 Å². The normalized spacial score (nSPS) is 16.5. The first kappa shape index (κ1) is 27.3. The topological polar surface area (TPSA) is 66.9 Å². The van der Waals surface area contributed by atoms with Gasteiger partial charge in [-0.15, -0.1) is 11.3 Å². The number of nitrogens with zero attached hydrogens (tertiary/aromatic N) is 2. The molecule has 6 nitrogen and oxygen atoms in total. The summed E-state index contributed by atoms with van der Waals surface area (Å²) >= 11 is 1.62. The van der Waals surface area contributed by atoms with Crippen LogP contribution in [0.2, 0.25) is 0 Å². The smallest absolute Gasteiger partial charge is 0.243 e. The lowest BCUT2D eigenvalue weighted by molar-refractivity contribution is -0.135. The highest BCUT2D eigenvalue weighted by Crippen LogP contribution is 2.34. The van der Waals surface area contributed by atoms with Crippen molar-refractivity contribution in [3.63, 3.8) is 0 Å². The van der Waals surface area contributed by atoms with Crippen LogP contribution in [0.4, 0.5) is 4.39 Å². The van der Waals surface area contributed by atoms with E-state index in [4.69, 9.17) is 4.74 Å². The molecule has 0 spiro atoms. The second-order valence-corrected chi connectivity index (χ2v) is 12.5. The molecule has 0 N–H and O–H groups in total. The zero-order valence-corrected chi connectivity index (χ0v) is 23.0. The predicted octanol–water partition coefficient (Wildman–Crippen LogP) is 5.44. The molecule has 2 unspecified atom stereocenters. The van der Waals surface area contributed by atoms with E-state index in [1.54, 1.807) is 58.7 Å². The van der Waals surface area contributed by atoms with Crippen molar-refractivity contribution in [1.82, 2.24) is 9.21 Å². The second-order valence-electron chi connectivity index (χ2n) is 9.52.